The van der Waals surface area contributed by atoms with E-state index >= 15 is 0 Å². The fraction of sp³-hybridized carbons (Fsp3) is 0.294. The summed E-state index contributed by atoms with van der Waals surface area (Å²) in [5, 5.41) is 5.41. The van der Waals surface area contributed by atoms with Gasteiger partial charge in [-0.2, -0.15) is 0 Å². The van der Waals surface area contributed by atoms with Crippen molar-refractivity contribution in [2.24, 2.45) is 0 Å². The molecule has 2 aromatic heterocycles. The maximum atomic E-state index is 12.3. The standard InChI is InChI=1S/C17H18N4OS.ClH/c1-12-11-23-17-19-14(8-16(22)21(12)17)10-20-7-6-18-9-13-4-2-3-5-15(13)20;/h2-5,8,11,18H,6-7,9-10H2,1H3;1H. The Balaban J connectivity index is 0.00000169. The second-order valence-electron chi connectivity index (χ2n) is 5.81. The molecule has 24 heavy (non-hydrogen) atoms. The molecule has 1 aliphatic heterocycles. The third-order valence-electron chi connectivity index (χ3n) is 4.19. The SMILES string of the molecule is Cc1csc2nc(CN3CCNCc4ccccc43)cc(=O)n12.Cl. The highest BCUT2D eigenvalue weighted by Gasteiger charge is 2.16. The van der Waals surface area contributed by atoms with Gasteiger partial charge in [0.25, 0.3) is 5.56 Å². The third-order valence-corrected chi connectivity index (χ3v) is 5.13. The lowest BCUT2D eigenvalue weighted by Crippen LogP contribution is -2.29. The summed E-state index contributed by atoms with van der Waals surface area (Å²) in [5.41, 5.74) is 4.29. The molecule has 0 radical (unpaired) electrons. The second-order valence-corrected chi connectivity index (χ2v) is 6.64. The van der Waals surface area contributed by atoms with Gasteiger partial charge in [0.2, 0.25) is 0 Å². The number of fused-ring (bicyclic) bond motifs is 2. The Morgan fingerprint density at radius 1 is 1.33 bits per heavy atom. The van der Waals surface area contributed by atoms with Crippen molar-refractivity contribution in [2.75, 3.05) is 18.0 Å². The number of aromatic nitrogens is 2. The zero-order valence-electron chi connectivity index (χ0n) is 13.4. The minimum atomic E-state index is 0. The smallest absolute Gasteiger partial charge is 0.259 e. The highest BCUT2D eigenvalue weighted by atomic mass is 35.5. The zero-order chi connectivity index (χ0) is 15.8. The number of hydrogen-bond acceptors (Lipinski definition) is 5. The van der Waals surface area contributed by atoms with Crippen molar-refractivity contribution in [3.05, 3.63) is 63.0 Å². The summed E-state index contributed by atoms with van der Waals surface area (Å²) in [4.78, 5) is 20.1. The van der Waals surface area contributed by atoms with Gasteiger partial charge in [0.05, 0.1) is 12.2 Å². The molecule has 0 fully saturated rings. The van der Waals surface area contributed by atoms with Crippen LogP contribution in [0.2, 0.25) is 0 Å². The van der Waals surface area contributed by atoms with Gasteiger partial charge in [0.15, 0.2) is 4.96 Å². The number of thiazole rings is 1. The van der Waals surface area contributed by atoms with Crippen LogP contribution in [0.15, 0.2) is 40.5 Å². The van der Waals surface area contributed by atoms with Crippen molar-refractivity contribution in [1.82, 2.24) is 14.7 Å². The third kappa shape index (κ3) is 3.05. The van der Waals surface area contributed by atoms with Crippen LogP contribution in [0.4, 0.5) is 5.69 Å². The minimum absolute atomic E-state index is 0. The lowest BCUT2D eigenvalue weighted by atomic mass is 10.1. The first kappa shape index (κ1) is 17.0. The van der Waals surface area contributed by atoms with E-state index in [4.69, 9.17) is 0 Å². The predicted octanol–water partition coefficient (Wildman–Crippen LogP) is 2.60. The molecule has 126 valence electrons. The molecule has 0 saturated carbocycles. The molecule has 0 bridgehead atoms. The van der Waals surface area contributed by atoms with Gasteiger partial charge in [0, 0.05) is 42.5 Å². The van der Waals surface area contributed by atoms with E-state index in [1.807, 2.05) is 12.3 Å². The van der Waals surface area contributed by atoms with Crippen LogP contribution in [-0.4, -0.2) is 22.5 Å². The summed E-state index contributed by atoms with van der Waals surface area (Å²) >= 11 is 1.52. The Morgan fingerprint density at radius 2 is 2.17 bits per heavy atom. The highest BCUT2D eigenvalue weighted by molar-refractivity contribution is 7.15. The molecule has 1 aromatic carbocycles. The van der Waals surface area contributed by atoms with Gasteiger partial charge >= 0.3 is 0 Å². The summed E-state index contributed by atoms with van der Waals surface area (Å²) < 4.78 is 1.67. The summed E-state index contributed by atoms with van der Waals surface area (Å²) in [6.45, 7) is 5.30. The van der Waals surface area contributed by atoms with Crippen LogP contribution in [0.1, 0.15) is 17.0 Å². The first-order valence-corrected chi connectivity index (χ1v) is 8.61. The quantitative estimate of drug-likeness (QED) is 0.761. The van der Waals surface area contributed by atoms with Crippen molar-refractivity contribution >= 4 is 34.4 Å². The number of aryl methyl sites for hydroxylation is 1. The fourth-order valence-electron chi connectivity index (χ4n) is 3.07. The lowest BCUT2D eigenvalue weighted by Gasteiger charge is -2.24. The average molecular weight is 363 g/mol. The van der Waals surface area contributed by atoms with Gasteiger partial charge < -0.3 is 10.2 Å². The van der Waals surface area contributed by atoms with Crippen LogP contribution in [0.3, 0.4) is 0 Å². The molecule has 0 saturated heterocycles. The molecule has 0 aliphatic carbocycles. The number of para-hydroxylation sites is 1. The molecule has 3 aromatic rings. The average Bonchev–Trinajstić information content (AvgIpc) is 2.80. The fourth-order valence-corrected chi connectivity index (χ4v) is 3.96. The van der Waals surface area contributed by atoms with Crippen molar-refractivity contribution in [3.8, 4) is 0 Å². The Morgan fingerprint density at radius 3 is 3.04 bits per heavy atom. The van der Waals surface area contributed by atoms with E-state index in [1.54, 1.807) is 10.5 Å². The maximum Gasteiger partial charge on any atom is 0.259 e. The molecule has 0 spiro atoms. The molecule has 7 heteroatoms. The molecule has 0 atom stereocenters. The molecule has 1 aliphatic rings. The first-order chi connectivity index (χ1) is 11.2. The number of anilines is 1. The number of benzene rings is 1. The van der Waals surface area contributed by atoms with Gasteiger partial charge in [-0.05, 0) is 18.6 Å². The molecule has 5 nitrogen and oxygen atoms in total. The van der Waals surface area contributed by atoms with Crippen molar-refractivity contribution < 1.29 is 0 Å². The molecular weight excluding hydrogens is 344 g/mol. The minimum Gasteiger partial charge on any atom is -0.364 e. The highest BCUT2D eigenvalue weighted by Crippen LogP contribution is 2.23. The molecule has 4 rings (SSSR count). The van der Waals surface area contributed by atoms with Crippen molar-refractivity contribution in [1.29, 1.82) is 0 Å². The largest absolute Gasteiger partial charge is 0.364 e. The summed E-state index contributed by atoms with van der Waals surface area (Å²) in [6, 6.07) is 10.1. The Hall–Kier alpha value is -1.89. The van der Waals surface area contributed by atoms with Crippen molar-refractivity contribution in [2.45, 2.75) is 20.0 Å². The van der Waals surface area contributed by atoms with E-state index in [0.717, 1.165) is 36.0 Å². The van der Waals surface area contributed by atoms with Crippen LogP contribution in [-0.2, 0) is 13.1 Å². The Bertz CT molecular complexity index is 920. The molecule has 0 unspecified atom stereocenters. The van der Waals surface area contributed by atoms with E-state index in [1.165, 1.54) is 22.6 Å². The predicted molar refractivity (Wildman–Crippen MR) is 101 cm³/mol. The Kier molecular flexibility index (Phi) is 4.89. The number of nitrogens with one attached hydrogen (secondary N) is 1. The molecular formula is C17H19ClN4OS. The van der Waals surface area contributed by atoms with E-state index < -0.39 is 0 Å². The van der Waals surface area contributed by atoms with Crippen LogP contribution >= 0.6 is 23.7 Å². The monoisotopic (exact) mass is 362 g/mol. The van der Waals surface area contributed by atoms with Crippen LogP contribution < -0.4 is 15.8 Å². The van der Waals surface area contributed by atoms with Crippen LogP contribution in [0.5, 0.6) is 0 Å². The summed E-state index contributed by atoms with van der Waals surface area (Å²) in [7, 11) is 0. The number of halogens is 1. The summed E-state index contributed by atoms with van der Waals surface area (Å²) in [5.74, 6) is 0. The molecule has 3 heterocycles. The van der Waals surface area contributed by atoms with Gasteiger partial charge in [-0.25, -0.2) is 4.98 Å². The maximum absolute atomic E-state index is 12.3. The number of rotatable bonds is 2. The summed E-state index contributed by atoms with van der Waals surface area (Å²) in [6.07, 6.45) is 0. The normalized spacial score (nSPS) is 14.1. The van der Waals surface area contributed by atoms with Crippen LogP contribution in [0, 0.1) is 6.92 Å². The Labute approximate surface area is 150 Å². The molecule has 1 N–H and O–H groups in total. The zero-order valence-corrected chi connectivity index (χ0v) is 15.0. The van der Waals surface area contributed by atoms with E-state index in [0.29, 0.717) is 6.54 Å². The molecule has 0 amide bonds. The number of nitrogens with zero attached hydrogens (tertiary/aromatic N) is 3. The van der Waals surface area contributed by atoms with E-state index in [2.05, 4.69) is 39.5 Å². The van der Waals surface area contributed by atoms with Gasteiger partial charge in [-0.3, -0.25) is 9.20 Å². The van der Waals surface area contributed by atoms with Gasteiger partial charge in [-0.15, -0.1) is 23.7 Å². The van der Waals surface area contributed by atoms with Crippen LogP contribution in [0.25, 0.3) is 4.96 Å². The van der Waals surface area contributed by atoms with Crippen molar-refractivity contribution in [3.63, 3.8) is 0 Å². The van der Waals surface area contributed by atoms with E-state index in [-0.39, 0.29) is 18.0 Å². The topological polar surface area (TPSA) is 49.6 Å². The van der Waals surface area contributed by atoms with Gasteiger partial charge in [-0.1, -0.05) is 18.2 Å². The number of hydrogen-bond donors (Lipinski definition) is 1. The van der Waals surface area contributed by atoms with E-state index in [9.17, 15) is 4.79 Å². The van der Waals surface area contributed by atoms with Gasteiger partial charge in [0.1, 0.15) is 0 Å². The second kappa shape index (κ2) is 6.93. The first-order valence-electron chi connectivity index (χ1n) is 7.73. The lowest BCUT2D eigenvalue weighted by molar-refractivity contribution is 0.684.